The average Bonchev–Trinajstić information content (AvgIpc) is 2.45. The second kappa shape index (κ2) is 7.32. The molecule has 0 aliphatic carbocycles. The first-order valence-corrected chi connectivity index (χ1v) is 7.48. The van der Waals surface area contributed by atoms with Gasteiger partial charge in [0.25, 0.3) is 0 Å². The molecule has 0 heterocycles. The van der Waals surface area contributed by atoms with Crippen LogP contribution < -0.4 is 9.47 Å². The molecule has 0 aliphatic heterocycles. The van der Waals surface area contributed by atoms with Gasteiger partial charge in [-0.15, -0.1) is 0 Å². The Kier molecular flexibility index (Phi) is 5.45. The molecule has 2 aromatic rings. The van der Waals surface area contributed by atoms with Gasteiger partial charge in [-0.05, 0) is 36.4 Å². The van der Waals surface area contributed by atoms with Crippen molar-refractivity contribution in [1.82, 2.24) is 0 Å². The van der Waals surface area contributed by atoms with E-state index in [-0.39, 0.29) is 0 Å². The number of hydrogen-bond acceptors (Lipinski definition) is 3. The van der Waals surface area contributed by atoms with E-state index in [0.29, 0.717) is 24.5 Å². The van der Waals surface area contributed by atoms with Gasteiger partial charge in [-0.2, -0.15) is 5.26 Å². The van der Waals surface area contributed by atoms with Crippen LogP contribution in [0, 0.1) is 11.3 Å². The van der Waals surface area contributed by atoms with Crippen LogP contribution in [0.4, 0.5) is 0 Å². The summed E-state index contributed by atoms with van der Waals surface area (Å²) in [5.41, 5.74) is 0.502. The predicted octanol–water partition coefficient (Wildman–Crippen LogP) is 4.54. The van der Waals surface area contributed by atoms with Crippen molar-refractivity contribution in [3.8, 4) is 17.6 Å². The molecule has 0 aliphatic rings. The molecule has 20 heavy (non-hydrogen) atoms. The molecule has 5 heteroatoms. The normalized spacial score (nSPS) is 9.85. The first-order chi connectivity index (χ1) is 9.69. The van der Waals surface area contributed by atoms with Crippen molar-refractivity contribution in [2.24, 2.45) is 0 Å². The largest absolute Gasteiger partial charge is 0.490 e. The zero-order valence-electron chi connectivity index (χ0n) is 10.5. The Morgan fingerprint density at radius 1 is 0.950 bits per heavy atom. The standard InChI is InChI=1S/C15H11Br2NO2/c16-12-2-1-3-14(9-12)19-6-7-20-15-5-4-13(17)8-11(15)10-18/h1-5,8-9H,6-7H2. The fourth-order valence-corrected chi connectivity index (χ4v) is 2.32. The van der Waals surface area contributed by atoms with E-state index >= 15 is 0 Å². The molecule has 0 atom stereocenters. The molecule has 0 saturated carbocycles. The Balaban J connectivity index is 1.86. The van der Waals surface area contributed by atoms with E-state index in [1.165, 1.54) is 0 Å². The maximum atomic E-state index is 9.02. The highest BCUT2D eigenvalue weighted by Crippen LogP contribution is 2.22. The quantitative estimate of drug-likeness (QED) is 0.696. The van der Waals surface area contributed by atoms with Gasteiger partial charge in [0.2, 0.25) is 0 Å². The fraction of sp³-hybridized carbons (Fsp3) is 0.133. The van der Waals surface area contributed by atoms with Crippen LogP contribution in [0.3, 0.4) is 0 Å². The van der Waals surface area contributed by atoms with Crippen molar-refractivity contribution >= 4 is 31.9 Å². The third kappa shape index (κ3) is 4.26. The Labute approximate surface area is 134 Å². The van der Waals surface area contributed by atoms with E-state index in [1.807, 2.05) is 30.3 Å². The fourth-order valence-electron chi connectivity index (χ4n) is 1.58. The molecule has 102 valence electrons. The molecular weight excluding hydrogens is 386 g/mol. The number of rotatable bonds is 5. The van der Waals surface area contributed by atoms with E-state index in [0.717, 1.165) is 14.7 Å². The second-order valence-corrected chi connectivity index (χ2v) is 5.74. The van der Waals surface area contributed by atoms with Crippen LogP contribution in [0.15, 0.2) is 51.4 Å². The highest BCUT2D eigenvalue weighted by atomic mass is 79.9. The molecular formula is C15H11Br2NO2. The van der Waals surface area contributed by atoms with Crippen LogP contribution in [0.25, 0.3) is 0 Å². The van der Waals surface area contributed by atoms with Crippen LogP contribution >= 0.6 is 31.9 Å². The predicted molar refractivity (Wildman–Crippen MR) is 84.0 cm³/mol. The van der Waals surface area contributed by atoms with E-state index in [9.17, 15) is 0 Å². The van der Waals surface area contributed by atoms with Crippen LogP contribution in [-0.2, 0) is 0 Å². The zero-order valence-corrected chi connectivity index (χ0v) is 13.6. The Bertz CT molecular complexity index is 638. The zero-order chi connectivity index (χ0) is 14.4. The van der Waals surface area contributed by atoms with E-state index < -0.39 is 0 Å². The highest BCUT2D eigenvalue weighted by Gasteiger charge is 2.04. The van der Waals surface area contributed by atoms with Crippen LogP contribution in [0.2, 0.25) is 0 Å². The summed E-state index contributed by atoms with van der Waals surface area (Å²) in [6.07, 6.45) is 0. The van der Waals surface area contributed by atoms with Gasteiger partial charge in [-0.1, -0.05) is 37.9 Å². The first-order valence-electron chi connectivity index (χ1n) is 5.90. The topological polar surface area (TPSA) is 42.2 Å². The SMILES string of the molecule is N#Cc1cc(Br)ccc1OCCOc1cccc(Br)c1. The maximum Gasteiger partial charge on any atom is 0.137 e. The van der Waals surface area contributed by atoms with Crippen LogP contribution in [0.1, 0.15) is 5.56 Å². The third-order valence-electron chi connectivity index (χ3n) is 2.47. The molecule has 2 aromatic carbocycles. The first kappa shape index (κ1) is 14.9. The van der Waals surface area contributed by atoms with Gasteiger partial charge in [-0.3, -0.25) is 0 Å². The molecule has 0 N–H and O–H groups in total. The minimum Gasteiger partial charge on any atom is -0.490 e. The minimum atomic E-state index is 0.378. The van der Waals surface area contributed by atoms with Crippen molar-refractivity contribution < 1.29 is 9.47 Å². The Morgan fingerprint density at radius 3 is 2.45 bits per heavy atom. The number of nitrogens with zero attached hydrogens (tertiary/aromatic N) is 1. The lowest BCUT2D eigenvalue weighted by Gasteiger charge is -2.09. The minimum absolute atomic E-state index is 0.378. The lowest BCUT2D eigenvalue weighted by atomic mass is 10.2. The molecule has 0 amide bonds. The van der Waals surface area contributed by atoms with E-state index in [4.69, 9.17) is 14.7 Å². The summed E-state index contributed by atoms with van der Waals surface area (Å²) >= 11 is 6.70. The number of halogens is 2. The van der Waals surface area contributed by atoms with E-state index in [1.54, 1.807) is 12.1 Å². The molecule has 0 aromatic heterocycles. The molecule has 0 radical (unpaired) electrons. The van der Waals surface area contributed by atoms with Gasteiger partial charge >= 0.3 is 0 Å². The van der Waals surface area contributed by atoms with Crippen molar-refractivity contribution in [3.63, 3.8) is 0 Å². The smallest absolute Gasteiger partial charge is 0.137 e. The average molecular weight is 397 g/mol. The molecule has 0 spiro atoms. The monoisotopic (exact) mass is 395 g/mol. The van der Waals surface area contributed by atoms with Crippen LogP contribution in [0.5, 0.6) is 11.5 Å². The Morgan fingerprint density at radius 2 is 1.70 bits per heavy atom. The van der Waals surface area contributed by atoms with Crippen molar-refractivity contribution in [1.29, 1.82) is 5.26 Å². The van der Waals surface area contributed by atoms with Gasteiger partial charge < -0.3 is 9.47 Å². The number of ether oxygens (including phenoxy) is 2. The van der Waals surface area contributed by atoms with Gasteiger partial charge in [0, 0.05) is 8.95 Å². The number of benzene rings is 2. The highest BCUT2D eigenvalue weighted by molar-refractivity contribution is 9.10. The molecule has 0 saturated heterocycles. The van der Waals surface area contributed by atoms with Crippen molar-refractivity contribution in [2.75, 3.05) is 13.2 Å². The summed E-state index contributed by atoms with van der Waals surface area (Å²) in [6, 6.07) is 15.0. The third-order valence-corrected chi connectivity index (χ3v) is 3.45. The second-order valence-electron chi connectivity index (χ2n) is 3.91. The summed E-state index contributed by atoms with van der Waals surface area (Å²) in [6.45, 7) is 0.792. The summed E-state index contributed by atoms with van der Waals surface area (Å²) in [5.74, 6) is 1.34. The molecule has 2 rings (SSSR count). The van der Waals surface area contributed by atoms with Crippen molar-refractivity contribution in [3.05, 3.63) is 57.0 Å². The van der Waals surface area contributed by atoms with Gasteiger partial charge in [0.1, 0.15) is 30.8 Å². The van der Waals surface area contributed by atoms with Gasteiger partial charge in [-0.25, -0.2) is 0 Å². The molecule has 0 fully saturated rings. The summed E-state index contributed by atoms with van der Waals surface area (Å²) in [4.78, 5) is 0. The summed E-state index contributed by atoms with van der Waals surface area (Å²) < 4.78 is 12.9. The molecule has 3 nitrogen and oxygen atoms in total. The summed E-state index contributed by atoms with van der Waals surface area (Å²) in [7, 11) is 0. The van der Waals surface area contributed by atoms with Crippen molar-refractivity contribution in [2.45, 2.75) is 0 Å². The van der Waals surface area contributed by atoms with Gasteiger partial charge in [0.15, 0.2) is 0 Å². The number of hydrogen-bond donors (Lipinski definition) is 0. The lowest BCUT2D eigenvalue weighted by molar-refractivity contribution is 0.216. The maximum absolute atomic E-state index is 9.02. The van der Waals surface area contributed by atoms with E-state index in [2.05, 4.69) is 37.9 Å². The summed E-state index contributed by atoms with van der Waals surface area (Å²) in [5, 5.41) is 9.02. The number of nitriles is 1. The molecule has 0 bridgehead atoms. The van der Waals surface area contributed by atoms with Crippen LogP contribution in [-0.4, -0.2) is 13.2 Å². The Hall–Kier alpha value is -1.51. The van der Waals surface area contributed by atoms with Gasteiger partial charge in [0.05, 0.1) is 5.56 Å². The lowest BCUT2D eigenvalue weighted by Crippen LogP contribution is -2.09. The molecule has 0 unspecified atom stereocenters.